The number of nitrogens with zero attached hydrogens (tertiary/aromatic N) is 4. The third kappa shape index (κ3) is 2.40. The molecule has 106 valence electrons. The number of ketones is 1. The number of benzene rings is 1. The van der Waals surface area contributed by atoms with Crippen molar-refractivity contribution in [2.75, 3.05) is 0 Å². The second-order valence-electron chi connectivity index (χ2n) is 4.66. The van der Waals surface area contributed by atoms with Gasteiger partial charge in [0.2, 0.25) is 0 Å². The SMILES string of the molecule is CC(=O)c1cc2nn(CC(=O)O)cc2cc1-n1cccn1. The molecule has 0 aliphatic carbocycles. The molecule has 0 aliphatic heterocycles. The second kappa shape index (κ2) is 4.86. The van der Waals surface area contributed by atoms with Crippen LogP contribution in [-0.2, 0) is 11.3 Å². The molecule has 0 saturated carbocycles. The molecule has 0 bridgehead atoms. The van der Waals surface area contributed by atoms with Crippen LogP contribution in [0.15, 0.2) is 36.8 Å². The lowest BCUT2D eigenvalue weighted by atomic mass is 10.1. The molecule has 21 heavy (non-hydrogen) atoms. The molecule has 3 rings (SSSR count). The van der Waals surface area contributed by atoms with Crippen molar-refractivity contribution in [3.63, 3.8) is 0 Å². The number of Topliss-reactive ketones (excluding diaryl/α,β-unsaturated/α-hetero) is 1. The Morgan fingerprint density at radius 1 is 1.33 bits per heavy atom. The number of rotatable bonds is 4. The molecule has 0 aliphatic rings. The van der Waals surface area contributed by atoms with Gasteiger partial charge >= 0.3 is 5.97 Å². The van der Waals surface area contributed by atoms with E-state index in [-0.39, 0.29) is 12.3 Å². The van der Waals surface area contributed by atoms with Crippen molar-refractivity contribution in [1.29, 1.82) is 0 Å². The van der Waals surface area contributed by atoms with Gasteiger partial charge in [0.25, 0.3) is 0 Å². The number of aromatic nitrogens is 4. The lowest BCUT2D eigenvalue weighted by molar-refractivity contribution is -0.137. The summed E-state index contributed by atoms with van der Waals surface area (Å²) in [4.78, 5) is 22.6. The average molecular weight is 284 g/mol. The molecule has 0 atom stereocenters. The zero-order valence-corrected chi connectivity index (χ0v) is 11.2. The molecular weight excluding hydrogens is 272 g/mol. The van der Waals surface area contributed by atoms with E-state index in [1.807, 2.05) is 0 Å². The van der Waals surface area contributed by atoms with Gasteiger partial charge in [-0.15, -0.1) is 0 Å². The predicted octanol–water partition coefficient (Wildman–Crippen LogP) is 1.51. The highest BCUT2D eigenvalue weighted by molar-refractivity contribution is 6.01. The largest absolute Gasteiger partial charge is 0.480 e. The van der Waals surface area contributed by atoms with Crippen LogP contribution >= 0.6 is 0 Å². The number of hydrogen-bond acceptors (Lipinski definition) is 4. The van der Waals surface area contributed by atoms with Crippen molar-refractivity contribution in [2.45, 2.75) is 13.5 Å². The van der Waals surface area contributed by atoms with Gasteiger partial charge in [-0.05, 0) is 25.1 Å². The Morgan fingerprint density at radius 2 is 2.14 bits per heavy atom. The highest BCUT2D eigenvalue weighted by Gasteiger charge is 2.14. The molecular formula is C14H12N4O3. The van der Waals surface area contributed by atoms with Gasteiger partial charge in [-0.25, -0.2) is 4.68 Å². The highest BCUT2D eigenvalue weighted by atomic mass is 16.4. The minimum absolute atomic E-state index is 0.102. The summed E-state index contributed by atoms with van der Waals surface area (Å²) in [6.07, 6.45) is 5.01. The zero-order chi connectivity index (χ0) is 15.0. The van der Waals surface area contributed by atoms with E-state index in [1.165, 1.54) is 11.6 Å². The molecule has 2 heterocycles. The Morgan fingerprint density at radius 3 is 2.76 bits per heavy atom. The van der Waals surface area contributed by atoms with E-state index >= 15 is 0 Å². The van der Waals surface area contributed by atoms with Gasteiger partial charge in [0.15, 0.2) is 5.78 Å². The second-order valence-corrected chi connectivity index (χ2v) is 4.66. The van der Waals surface area contributed by atoms with Crippen LogP contribution in [0.2, 0.25) is 0 Å². The normalized spacial score (nSPS) is 10.9. The molecule has 0 unspecified atom stereocenters. The summed E-state index contributed by atoms with van der Waals surface area (Å²) in [7, 11) is 0. The standard InChI is InChI=1S/C14H12N4O3/c1-9(19)11-6-12-10(7-17(16-12)8-14(20)21)5-13(11)18-4-2-3-15-18/h2-7H,8H2,1H3,(H,20,21). The quantitative estimate of drug-likeness (QED) is 0.733. The predicted molar refractivity (Wildman–Crippen MR) is 74.5 cm³/mol. The summed E-state index contributed by atoms with van der Waals surface area (Å²) in [5, 5.41) is 17.9. The fourth-order valence-electron chi connectivity index (χ4n) is 2.21. The number of carbonyl (C=O) groups excluding carboxylic acids is 1. The van der Waals surface area contributed by atoms with Gasteiger partial charge in [0, 0.05) is 29.5 Å². The molecule has 0 amide bonds. The summed E-state index contributed by atoms with van der Waals surface area (Å²) in [6, 6.07) is 5.21. The summed E-state index contributed by atoms with van der Waals surface area (Å²) in [5.74, 6) is -1.07. The minimum atomic E-state index is -0.970. The number of carbonyl (C=O) groups is 2. The third-order valence-electron chi connectivity index (χ3n) is 3.10. The van der Waals surface area contributed by atoms with E-state index in [0.29, 0.717) is 16.8 Å². The van der Waals surface area contributed by atoms with Crippen LogP contribution < -0.4 is 0 Å². The van der Waals surface area contributed by atoms with Gasteiger partial charge in [-0.2, -0.15) is 10.2 Å². The first-order chi connectivity index (χ1) is 10.0. The number of carboxylic acid groups (broad SMARTS) is 1. The van der Waals surface area contributed by atoms with E-state index in [4.69, 9.17) is 5.11 Å². The molecule has 7 nitrogen and oxygen atoms in total. The first-order valence-electron chi connectivity index (χ1n) is 6.28. The molecule has 1 N–H and O–H groups in total. The maximum Gasteiger partial charge on any atom is 0.325 e. The Balaban J connectivity index is 2.19. The van der Waals surface area contributed by atoms with E-state index < -0.39 is 5.97 Å². The fourth-order valence-corrected chi connectivity index (χ4v) is 2.21. The van der Waals surface area contributed by atoms with E-state index in [9.17, 15) is 9.59 Å². The average Bonchev–Trinajstić information content (AvgIpc) is 3.04. The number of fused-ring (bicyclic) bond motifs is 1. The smallest absolute Gasteiger partial charge is 0.325 e. The Kier molecular flexibility index (Phi) is 3.02. The molecule has 0 saturated heterocycles. The highest BCUT2D eigenvalue weighted by Crippen LogP contribution is 2.22. The maximum atomic E-state index is 11.8. The van der Waals surface area contributed by atoms with Gasteiger partial charge < -0.3 is 5.11 Å². The summed E-state index contributed by atoms with van der Waals surface area (Å²) < 4.78 is 2.94. The topological polar surface area (TPSA) is 90.0 Å². The molecule has 0 fully saturated rings. The van der Waals surface area contributed by atoms with Crippen molar-refractivity contribution >= 4 is 22.7 Å². The van der Waals surface area contributed by atoms with E-state index in [2.05, 4.69) is 10.2 Å². The zero-order valence-electron chi connectivity index (χ0n) is 11.2. The summed E-state index contributed by atoms with van der Waals surface area (Å²) in [5.41, 5.74) is 1.72. The summed E-state index contributed by atoms with van der Waals surface area (Å²) >= 11 is 0. The first kappa shape index (κ1) is 13.0. The van der Waals surface area contributed by atoms with Gasteiger partial charge in [-0.1, -0.05) is 0 Å². The van der Waals surface area contributed by atoms with Crippen LogP contribution in [0.5, 0.6) is 0 Å². The van der Waals surface area contributed by atoms with E-state index in [0.717, 1.165) is 5.39 Å². The van der Waals surface area contributed by atoms with Crippen molar-refractivity contribution in [3.8, 4) is 5.69 Å². The van der Waals surface area contributed by atoms with Crippen LogP contribution in [0.3, 0.4) is 0 Å². The fraction of sp³-hybridized carbons (Fsp3) is 0.143. The van der Waals surface area contributed by atoms with E-state index in [1.54, 1.807) is 41.5 Å². The maximum absolute atomic E-state index is 11.8. The minimum Gasteiger partial charge on any atom is -0.480 e. The van der Waals surface area contributed by atoms with Crippen LogP contribution in [0.1, 0.15) is 17.3 Å². The number of aliphatic carboxylic acids is 1. The van der Waals surface area contributed by atoms with Crippen molar-refractivity contribution in [2.24, 2.45) is 0 Å². The lowest BCUT2D eigenvalue weighted by Gasteiger charge is -2.06. The Bertz CT molecular complexity index is 833. The molecule has 1 aromatic carbocycles. The third-order valence-corrected chi connectivity index (χ3v) is 3.10. The van der Waals surface area contributed by atoms with Crippen molar-refractivity contribution in [3.05, 3.63) is 42.4 Å². The van der Waals surface area contributed by atoms with Crippen molar-refractivity contribution < 1.29 is 14.7 Å². The van der Waals surface area contributed by atoms with Crippen LogP contribution in [-0.4, -0.2) is 36.4 Å². The van der Waals surface area contributed by atoms with Gasteiger partial charge in [0.1, 0.15) is 6.54 Å². The monoisotopic (exact) mass is 284 g/mol. The van der Waals surface area contributed by atoms with Gasteiger partial charge in [-0.3, -0.25) is 14.3 Å². The first-order valence-corrected chi connectivity index (χ1v) is 6.28. The van der Waals surface area contributed by atoms with Gasteiger partial charge in [0.05, 0.1) is 11.2 Å². The van der Waals surface area contributed by atoms with Crippen LogP contribution in [0.25, 0.3) is 16.6 Å². The molecule has 0 radical (unpaired) electrons. The molecule has 2 aromatic heterocycles. The van der Waals surface area contributed by atoms with Crippen LogP contribution in [0, 0.1) is 0 Å². The number of hydrogen-bond donors (Lipinski definition) is 1. The molecule has 3 aromatic rings. The Hall–Kier alpha value is -2.96. The lowest BCUT2D eigenvalue weighted by Crippen LogP contribution is -2.08. The van der Waals surface area contributed by atoms with Crippen LogP contribution in [0.4, 0.5) is 0 Å². The summed E-state index contributed by atoms with van der Waals surface area (Å²) in [6.45, 7) is 1.25. The molecule has 0 spiro atoms. The molecule has 7 heteroatoms. The Labute approximate surface area is 119 Å². The van der Waals surface area contributed by atoms with Crippen molar-refractivity contribution in [1.82, 2.24) is 19.6 Å². The number of carboxylic acids is 1.